The molecular weight excluding hydrogens is 296 g/mol. The minimum Gasteiger partial charge on any atom is -0.481 e. The highest BCUT2D eigenvalue weighted by molar-refractivity contribution is 7.89. The van der Waals surface area contributed by atoms with Gasteiger partial charge in [-0.1, -0.05) is 12.1 Å². The van der Waals surface area contributed by atoms with Crippen LogP contribution in [0.25, 0.3) is 0 Å². The Morgan fingerprint density at radius 3 is 2.48 bits per heavy atom. The Balaban J connectivity index is 2.12. The molecule has 0 saturated carbocycles. The van der Waals surface area contributed by atoms with Crippen molar-refractivity contribution in [2.75, 3.05) is 13.6 Å². The summed E-state index contributed by atoms with van der Waals surface area (Å²) in [5.41, 5.74) is 0.512. The fourth-order valence-corrected chi connectivity index (χ4v) is 3.37. The molecule has 0 aromatic heterocycles. The lowest BCUT2D eigenvalue weighted by Crippen LogP contribution is -2.40. The van der Waals surface area contributed by atoms with E-state index < -0.39 is 22.0 Å². The number of likely N-dealkylation sites (N-methyl/N-ethyl adjacent to an activating group) is 1. The molecule has 1 fully saturated rings. The molecule has 0 aliphatic carbocycles. The molecule has 1 saturated heterocycles. The maximum Gasteiger partial charge on any atom is 0.307 e. The second-order valence-corrected chi connectivity index (χ2v) is 6.65. The Labute approximate surface area is 122 Å². The SMILES string of the molecule is CN1CCC(NS(=O)(=O)c2ccc(CC(=O)O)cc2)C1=O. The molecule has 1 heterocycles. The van der Waals surface area contributed by atoms with Crippen LogP contribution in [0.4, 0.5) is 0 Å². The fraction of sp³-hybridized carbons (Fsp3) is 0.385. The fourth-order valence-electron chi connectivity index (χ4n) is 2.15. The van der Waals surface area contributed by atoms with Crippen molar-refractivity contribution in [3.63, 3.8) is 0 Å². The molecule has 1 aliphatic heterocycles. The van der Waals surface area contributed by atoms with Crippen molar-refractivity contribution in [3.8, 4) is 0 Å². The monoisotopic (exact) mass is 312 g/mol. The van der Waals surface area contributed by atoms with E-state index in [-0.39, 0.29) is 17.2 Å². The molecule has 1 aliphatic rings. The molecule has 0 spiro atoms. The Morgan fingerprint density at radius 1 is 1.38 bits per heavy atom. The molecule has 21 heavy (non-hydrogen) atoms. The summed E-state index contributed by atoms with van der Waals surface area (Å²) in [4.78, 5) is 23.8. The molecule has 2 N–H and O–H groups in total. The summed E-state index contributed by atoms with van der Waals surface area (Å²) in [6, 6.07) is 4.84. The van der Waals surface area contributed by atoms with Crippen molar-refractivity contribution >= 4 is 21.9 Å². The highest BCUT2D eigenvalue weighted by Gasteiger charge is 2.32. The lowest BCUT2D eigenvalue weighted by atomic mass is 10.2. The van der Waals surface area contributed by atoms with E-state index in [0.717, 1.165) is 0 Å². The first-order chi connectivity index (χ1) is 9.79. The quantitative estimate of drug-likeness (QED) is 0.785. The third-order valence-corrected chi connectivity index (χ3v) is 4.80. The zero-order valence-electron chi connectivity index (χ0n) is 11.4. The molecule has 0 bridgehead atoms. The summed E-state index contributed by atoms with van der Waals surface area (Å²) < 4.78 is 26.7. The number of nitrogens with one attached hydrogen (secondary N) is 1. The van der Waals surface area contributed by atoms with Gasteiger partial charge in [-0.3, -0.25) is 9.59 Å². The van der Waals surface area contributed by atoms with Gasteiger partial charge in [0.1, 0.15) is 6.04 Å². The summed E-state index contributed by atoms with van der Waals surface area (Å²) in [6.07, 6.45) is 0.269. The van der Waals surface area contributed by atoms with Gasteiger partial charge in [0, 0.05) is 13.6 Å². The van der Waals surface area contributed by atoms with Gasteiger partial charge in [-0.25, -0.2) is 8.42 Å². The van der Waals surface area contributed by atoms with Gasteiger partial charge in [-0.15, -0.1) is 0 Å². The lowest BCUT2D eigenvalue weighted by molar-refractivity contribution is -0.136. The van der Waals surface area contributed by atoms with Gasteiger partial charge < -0.3 is 10.0 Å². The Hall–Kier alpha value is -1.93. The Bertz CT molecular complexity index is 654. The van der Waals surface area contributed by atoms with E-state index in [2.05, 4.69) is 4.72 Å². The third-order valence-electron chi connectivity index (χ3n) is 3.31. The molecule has 1 unspecified atom stereocenters. The van der Waals surface area contributed by atoms with Crippen molar-refractivity contribution < 1.29 is 23.1 Å². The summed E-state index contributed by atoms with van der Waals surface area (Å²) in [7, 11) is -2.17. The highest BCUT2D eigenvalue weighted by Crippen LogP contribution is 2.15. The average Bonchev–Trinajstić information content (AvgIpc) is 2.70. The van der Waals surface area contributed by atoms with Gasteiger partial charge in [0.15, 0.2) is 0 Å². The van der Waals surface area contributed by atoms with Crippen molar-refractivity contribution in [3.05, 3.63) is 29.8 Å². The first-order valence-electron chi connectivity index (χ1n) is 6.37. The van der Waals surface area contributed by atoms with Crippen LogP contribution in [0.5, 0.6) is 0 Å². The number of likely N-dealkylation sites (tertiary alicyclic amines) is 1. The van der Waals surface area contributed by atoms with Crippen LogP contribution in [-0.2, 0) is 26.0 Å². The van der Waals surface area contributed by atoms with Crippen LogP contribution >= 0.6 is 0 Å². The van der Waals surface area contributed by atoms with Gasteiger partial charge in [0.25, 0.3) is 0 Å². The number of carbonyl (C=O) groups is 2. The number of hydrogen-bond donors (Lipinski definition) is 2. The number of nitrogens with zero attached hydrogens (tertiary/aromatic N) is 1. The number of hydrogen-bond acceptors (Lipinski definition) is 4. The summed E-state index contributed by atoms with van der Waals surface area (Å²) in [5.74, 6) is -1.23. The highest BCUT2D eigenvalue weighted by atomic mass is 32.2. The first kappa shape index (κ1) is 15.5. The molecule has 2 rings (SSSR count). The van der Waals surface area contributed by atoms with Crippen molar-refractivity contribution in [1.29, 1.82) is 0 Å². The first-order valence-corrected chi connectivity index (χ1v) is 7.86. The van der Waals surface area contributed by atoms with E-state index in [1.165, 1.54) is 29.2 Å². The summed E-state index contributed by atoms with van der Waals surface area (Å²) in [6.45, 7) is 0.517. The Kier molecular flexibility index (Phi) is 4.29. The van der Waals surface area contributed by atoms with Crippen LogP contribution in [0.1, 0.15) is 12.0 Å². The van der Waals surface area contributed by atoms with Gasteiger partial charge in [0.05, 0.1) is 11.3 Å². The Morgan fingerprint density at radius 2 is 2.00 bits per heavy atom. The largest absolute Gasteiger partial charge is 0.481 e. The second kappa shape index (κ2) is 5.82. The summed E-state index contributed by atoms with van der Waals surface area (Å²) >= 11 is 0. The van der Waals surface area contributed by atoms with Crippen LogP contribution in [0, 0.1) is 0 Å². The lowest BCUT2D eigenvalue weighted by Gasteiger charge is -2.13. The number of rotatable bonds is 5. The number of amides is 1. The molecule has 1 atom stereocenters. The standard InChI is InChI=1S/C13H16N2O5S/c1-15-7-6-11(13(15)18)14-21(19,20)10-4-2-9(3-5-10)8-12(16)17/h2-5,11,14H,6-8H2,1H3,(H,16,17). The number of aliphatic carboxylic acids is 1. The zero-order valence-corrected chi connectivity index (χ0v) is 12.3. The number of benzene rings is 1. The van der Waals surface area contributed by atoms with Crippen LogP contribution in [-0.4, -0.2) is 49.9 Å². The second-order valence-electron chi connectivity index (χ2n) is 4.94. The van der Waals surface area contributed by atoms with Crippen LogP contribution in [0.2, 0.25) is 0 Å². The van der Waals surface area contributed by atoms with Gasteiger partial charge in [-0.05, 0) is 24.1 Å². The van der Waals surface area contributed by atoms with Gasteiger partial charge in [0.2, 0.25) is 15.9 Å². The number of carboxylic acid groups (broad SMARTS) is 1. The maximum atomic E-state index is 12.2. The van der Waals surface area contributed by atoms with E-state index >= 15 is 0 Å². The smallest absolute Gasteiger partial charge is 0.307 e. The average molecular weight is 312 g/mol. The zero-order chi connectivity index (χ0) is 15.6. The van der Waals surface area contributed by atoms with E-state index in [4.69, 9.17) is 5.11 Å². The summed E-state index contributed by atoms with van der Waals surface area (Å²) in [5, 5.41) is 8.67. The van der Waals surface area contributed by atoms with Crippen LogP contribution < -0.4 is 4.72 Å². The van der Waals surface area contributed by atoms with Crippen molar-refractivity contribution in [2.45, 2.75) is 23.8 Å². The van der Waals surface area contributed by atoms with Crippen LogP contribution in [0.3, 0.4) is 0 Å². The van der Waals surface area contributed by atoms with Crippen molar-refractivity contribution in [1.82, 2.24) is 9.62 Å². The van der Waals surface area contributed by atoms with E-state index in [1.807, 2.05) is 0 Å². The van der Waals surface area contributed by atoms with Gasteiger partial charge >= 0.3 is 5.97 Å². The number of carboxylic acids is 1. The predicted octanol–water partition coefficient (Wildman–Crippen LogP) is -0.177. The topological polar surface area (TPSA) is 104 Å². The minimum absolute atomic E-state index is 0.0130. The molecule has 8 heteroatoms. The molecule has 114 valence electrons. The normalized spacial score (nSPS) is 19.0. The molecule has 1 amide bonds. The third kappa shape index (κ3) is 3.59. The van der Waals surface area contributed by atoms with Crippen molar-refractivity contribution in [2.24, 2.45) is 0 Å². The molecule has 1 aromatic rings. The molecule has 1 aromatic carbocycles. The maximum absolute atomic E-state index is 12.2. The molecular formula is C13H16N2O5S. The molecule has 0 radical (unpaired) electrons. The van der Waals surface area contributed by atoms with Gasteiger partial charge in [-0.2, -0.15) is 4.72 Å². The number of carbonyl (C=O) groups excluding carboxylic acids is 1. The van der Waals surface area contributed by atoms with Crippen LogP contribution in [0.15, 0.2) is 29.2 Å². The van der Waals surface area contributed by atoms with E-state index in [9.17, 15) is 18.0 Å². The van der Waals surface area contributed by atoms with E-state index in [0.29, 0.717) is 18.5 Å². The molecule has 7 nitrogen and oxygen atoms in total. The minimum atomic E-state index is -3.79. The number of sulfonamides is 1. The van der Waals surface area contributed by atoms with E-state index in [1.54, 1.807) is 7.05 Å². The predicted molar refractivity (Wildman–Crippen MR) is 74.1 cm³/mol.